The summed E-state index contributed by atoms with van der Waals surface area (Å²) in [6, 6.07) is 69.1. The minimum Gasteiger partial charge on any atom is -0.358 e. The number of nitrogens with zero attached hydrogens (tertiary/aromatic N) is 3. The van der Waals surface area contributed by atoms with E-state index in [0.29, 0.717) is 0 Å². The fourth-order valence-electron chi connectivity index (χ4n) is 8.52. The highest BCUT2D eigenvalue weighted by atomic mass is 28.3. The summed E-state index contributed by atoms with van der Waals surface area (Å²) >= 11 is 0. The molecule has 11 aromatic rings. The van der Waals surface area contributed by atoms with Crippen molar-refractivity contribution in [2.24, 2.45) is 0 Å². The van der Waals surface area contributed by atoms with Gasteiger partial charge in [0.1, 0.15) is 0 Å². The molecule has 0 atom stereocenters. The summed E-state index contributed by atoms with van der Waals surface area (Å²) in [6.07, 6.45) is 1.88. The SMILES string of the molecule is c1ccc([Si](c2ccccc2)n2c3ccccc3c3ccc4cc5c6ccccc6n(-c6cccc(-c7cccc8cccnc78)c6)c5cc4c32)cc1. The number of pyridine rings is 1. The second kappa shape index (κ2) is 11.9. The van der Waals surface area contributed by atoms with Crippen molar-refractivity contribution >= 4 is 84.6 Å². The van der Waals surface area contributed by atoms with Gasteiger partial charge in [-0.2, -0.15) is 0 Å². The molecule has 3 heterocycles. The Balaban J connectivity index is 1.24. The van der Waals surface area contributed by atoms with Gasteiger partial charge in [-0.15, -0.1) is 0 Å². The molecular formula is C49H32N3Si. The van der Waals surface area contributed by atoms with Gasteiger partial charge in [0.15, 0.2) is 0 Å². The molecule has 0 saturated carbocycles. The Kier molecular flexibility index (Phi) is 6.72. The van der Waals surface area contributed by atoms with Gasteiger partial charge in [-0.1, -0.05) is 146 Å². The van der Waals surface area contributed by atoms with Gasteiger partial charge in [0.25, 0.3) is 0 Å². The monoisotopic (exact) mass is 690 g/mol. The van der Waals surface area contributed by atoms with E-state index in [2.05, 4.69) is 191 Å². The van der Waals surface area contributed by atoms with Gasteiger partial charge in [-0.25, -0.2) is 0 Å². The predicted octanol–water partition coefficient (Wildman–Crippen LogP) is 10.9. The van der Waals surface area contributed by atoms with Crippen molar-refractivity contribution in [3.8, 4) is 16.8 Å². The lowest BCUT2D eigenvalue weighted by Crippen LogP contribution is -2.48. The zero-order chi connectivity index (χ0) is 34.9. The van der Waals surface area contributed by atoms with Crippen molar-refractivity contribution in [1.29, 1.82) is 0 Å². The van der Waals surface area contributed by atoms with Gasteiger partial charge in [-0.3, -0.25) is 4.98 Å². The largest absolute Gasteiger partial charge is 0.358 e. The second-order valence-corrected chi connectivity index (χ2v) is 16.1. The summed E-state index contributed by atoms with van der Waals surface area (Å²) in [5.74, 6) is 0. The number of rotatable bonds is 5. The maximum Gasteiger partial charge on any atom is 0.247 e. The van der Waals surface area contributed by atoms with E-state index in [9.17, 15) is 0 Å². The number of benzene rings is 8. The molecular weight excluding hydrogens is 659 g/mol. The summed E-state index contributed by atoms with van der Waals surface area (Å²) < 4.78 is 5.15. The van der Waals surface area contributed by atoms with Crippen LogP contribution >= 0.6 is 0 Å². The van der Waals surface area contributed by atoms with Crippen LogP contribution in [0.15, 0.2) is 194 Å². The summed E-state index contributed by atoms with van der Waals surface area (Å²) in [4.78, 5) is 4.79. The molecule has 8 aromatic carbocycles. The van der Waals surface area contributed by atoms with Gasteiger partial charge in [0, 0.05) is 60.8 Å². The molecule has 0 bridgehead atoms. The highest BCUT2D eigenvalue weighted by Crippen LogP contribution is 2.40. The maximum absolute atomic E-state index is 4.79. The summed E-state index contributed by atoms with van der Waals surface area (Å²) in [7, 11) is -1.46. The van der Waals surface area contributed by atoms with Crippen LogP contribution in [0.2, 0.25) is 0 Å². The molecule has 0 aliphatic heterocycles. The molecule has 3 aromatic heterocycles. The first kappa shape index (κ1) is 29.9. The van der Waals surface area contributed by atoms with Crippen LogP contribution < -0.4 is 10.4 Å². The van der Waals surface area contributed by atoms with Crippen LogP contribution in [0.5, 0.6) is 0 Å². The van der Waals surface area contributed by atoms with Crippen molar-refractivity contribution in [2.45, 2.75) is 0 Å². The minimum absolute atomic E-state index is 1.02. The van der Waals surface area contributed by atoms with Crippen LogP contribution in [0, 0.1) is 0 Å². The van der Waals surface area contributed by atoms with Gasteiger partial charge >= 0.3 is 0 Å². The Morgan fingerprint density at radius 1 is 0.415 bits per heavy atom. The lowest BCUT2D eigenvalue weighted by atomic mass is 10.0. The van der Waals surface area contributed by atoms with Crippen molar-refractivity contribution in [3.63, 3.8) is 0 Å². The maximum atomic E-state index is 4.79. The highest BCUT2D eigenvalue weighted by Gasteiger charge is 2.26. The van der Waals surface area contributed by atoms with Gasteiger partial charge < -0.3 is 8.80 Å². The number of fused-ring (bicyclic) bond motifs is 9. The van der Waals surface area contributed by atoms with Crippen LogP contribution in [0.4, 0.5) is 0 Å². The van der Waals surface area contributed by atoms with Gasteiger partial charge in [0.2, 0.25) is 8.96 Å². The van der Waals surface area contributed by atoms with E-state index in [-0.39, 0.29) is 0 Å². The third-order valence-electron chi connectivity index (χ3n) is 10.8. The minimum atomic E-state index is -1.46. The molecule has 1 radical (unpaired) electrons. The highest BCUT2D eigenvalue weighted by molar-refractivity contribution is 6.85. The van der Waals surface area contributed by atoms with Crippen LogP contribution in [-0.4, -0.2) is 22.7 Å². The third-order valence-corrected chi connectivity index (χ3v) is 13.5. The summed E-state index contributed by atoms with van der Waals surface area (Å²) in [6.45, 7) is 0. The van der Waals surface area contributed by atoms with E-state index >= 15 is 0 Å². The normalized spacial score (nSPS) is 11.9. The Morgan fingerprint density at radius 3 is 1.89 bits per heavy atom. The molecule has 0 aliphatic carbocycles. The van der Waals surface area contributed by atoms with Crippen LogP contribution in [0.1, 0.15) is 0 Å². The molecule has 53 heavy (non-hydrogen) atoms. The second-order valence-electron chi connectivity index (χ2n) is 13.8. The van der Waals surface area contributed by atoms with Crippen molar-refractivity contribution in [1.82, 2.24) is 13.8 Å². The standard InChI is InChI=1S/C49H32N3Si/c1-3-18-37(19-4-1)53(38-20-5-2-6-21-38)52-46-26-10-8-22-40(46)42-28-27-35-31-44-41-23-7-9-25-45(41)51(47(44)32-43(35)49(42)52)36-17-11-15-34(30-36)39-24-12-14-33-16-13-29-50-48(33)39/h1-32H. The Bertz CT molecular complexity index is 3130. The Morgan fingerprint density at radius 2 is 1.09 bits per heavy atom. The number of para-hydroxylation sites is 3. The van der Waals surface area contributed by atoms with Gasteiger partial charge in [-0.05, 0) is 63.8 Å². The lowest BCUT2D eigenvalue weighted by Gasteiger charge is -2.21. The molecule has 0 saturated heterocycles. The van der Waals surface area contributed by atoms with E-state index < -0.39 is 8.96 Å². The van der Waals surface area contributed by atoms with Crippen LogP contribution in [0.25, 0.3) is 82.1 Å². The molecule has 0 unspecified atom stereocenters. The van der Waals surface area contributed by atoms with E-state index in [1.807, 2.05) is 12.3 Å². The van der Waals surface area contributed by atoms with Crippen molar-refractivity contribution in [2.75, 3.05) is 0 Å². The molecule has 0 spiro atoms. The Hall–Kier alpha value is -6.75. The van der Waals surface area contributed by atoms with Crippen molar-refractivity contribution in [3.05, 3.63) is 194 Å². The average Bonchev–Trinajstić information content (AvgIpc) is 3.73. The number of aromatic nitrogens is 3. The van der Waals surface area contributed by atoms with Crippen LogP contribution in [0.3, 0.4) is 0 Å². The fraction of sp³-hybridized carbons (Fsp3) is 0. The Labute approximate surface area is 308 Å². The average molecular weight is 691 g/mol. The van der Waals surface area contributed by atoms with E-state index in [0.717, 1.165) is 27.7 Å². The van der Waals surface area contributed by atoms with E-state index in [1.165, 1.54) is 64.8 Å². The lowest BCUT2D eigenvalue weighted by molar-refractivity contribution is 1.18. The zero-order valence-corrected chi connectivity index (χ0v) is 29.8. The first-order valence-electron chi connectivity index (χ1n) is 18.1. The van der Waals surface area contributed by atoms with E-state index in [4.69, 9.17) is 4.98 Å². The number of hydrogen-bond donors (Lipinski definition) is 0. The molecule has 0 aliphatic rings. The zero-order valence-electron chi connectivity index (χ0n) is 28.8. The molecule has 4 heteroatoms. The topological polar surface area (TPSA) is 22.8 Å². The number of hydrogen-bond acceptors (Lipinski definition) is 1. The predicted molar refractivity (Wildman–Crippen MR) is 225 cm³/mol. The fourth-order valence-corrected chi connectivity index (χ4v) is 11.3. The molecule has 3 nitrogen and oxygen atoms in total. The quantitative estimate of drug-likeness (QED) is 0.165. The van der Waals surface area contributed by atoms with Crippen molar-refractivity contribution < 1.29 is 0 Å². The molecule has 247 valence electrons. The van der Waals surface area contributed by atoms with Gasteiger partial charge in [0.05, 0.1) is 16.6 Å². The summed E-state index contributed by atoms with van der Waals surface area (Å²) in [5.41, 5.74) is 9.40. The molecule has 0 fully saturated rings. The molecule has 0 amide bonds. The molecule has 0 N–H and O–H groups in total. The summed E-state index contributed by atoms with van der Waals surface area (Å²) in [5, 5.41) is 11.4. The third kappa shape index (κ3) is 4.63. The molecule has 11 rings (SSSR count). The first-order valence-corrected chi connectivity index (χ1v) is 19.6. The smallest absolute Gasteiger partial charge is 0.247 e. The van der Waals surface area contributed by atoms with Crippen LogP contribution in [-0.2, 0) is 0 Å². The van der Waals surface area contributed by atoms with E-state index in [1.54, 1.807) is 0 Å². The first-order chi connectivity index (χ1) is 26.3.